The van der Waals surface area contributed by atoms with Gasteiger partial charge < -0.3 is 9.80 Å². The van der Waals surface area contributed by atoms with Gasteiger partial charge in [-0.15, -0.1) is 0 Å². The first kappa shape index (κ1) is 17.8. The van der Waals surface area contributed by atoms with Crippen LogP contribution >= 0.6 is 0 Å². The van der Waals surface area contributed by atoms with Crippen molar-refractivity contribution in [1.29, 1.82) is 0 Å². The highest BCUT2D eigenvalue weighted by Gasteiger charge is 2.31. The lowest BCUT2D eigenvalue weighted by molar-refractivity contribution is -0.141. The second-order valence-corrected chi connectivity index (χ2v) is 8.10. The van der Waals surface area contributed by atoms with Crippen LogP contribution in [0.2, 0.25) is 0 Å². The molecule has 0 bridgehead atoms. The largest absolute Gasteiger partial charge is 0.343 e. The van der Waals surface area contributed by atoms with E-state index in [9.17, 15) is 9.59 Å². The Kier molecular flexibility index (Phi) is 6.56. The molecular formula is C20H34N2O2. The van der Waals surface area contributed by atoms with Gasteiger partial charge in [0.15, 0.2) is 0 Å². The van der Waals surface area contributed by atoms with Crippen LogP contribution in [0.25, 0.3) is 0 Å². The standard InChI is InChI=1S/C20H34N2O2/c23-19(16-17-8-4-3-5-9-17)21-14-10-18(11-15-21)20(24)22-12-6-1-2-7-13-22/h17-18H,1-16H2. The van der Waals surface area contributed by atoms with E-state index in [-0.39, 0.29) is 5.92 Å². The predicted molar refractivity (Wildman–Crippen MR) is 95.5 cm³/mol. The quantitative estimate of drug-likeness (QED) is 0.791. The van der Waals surface area contributed by atoms with Crippen LogP contribution in [0.1, 0.15) is 77.0 Å². The maximum atomic E-state index is 12.7. The number of likely N-dealkylation sites (tertiary alicyclic amines) is 2. The molecule has 4 nitrogen and oxygen atoms in total. The van der Waals surface area contributed by atoms with E-state index in [1.807, 2.05) is 4.90 Å². The van der Waals surface area contributed by atoms with Crippen LogP contribution in [-0.2, 0) is 9.59 Å². The number of amides is 2. The third kappa shape index (κ3) is 4.73. The Labute approximate surface area is 146 Å². The van der Waals surface area contributed by atoms with Gasteiger partial charge >= 0.3 is 0 Å². The zero-order chi connectivity index (χ0) is 16.8. The zero-order valence-electron chi connectivity index (χ0n) is 15.2. The van der Waals surface area contributed by atoms with E-state index in [0.717, 1.165) is 58.3 Å². The second kappa shape index (κ2) is 8.87. The SMILES string of the molecule is O=C(CC1CCCCC1)N1CCC(C(=O)N2CCCCCC2)CC1. The lowest BCUT2D eigenvalue weighted by atomic mass is 9.86. The molecule has 2 amide bonds. The van der Waals surface area contributed by atoms with Crippen LogP contribution in [0.5, 0.6) is 0 Å². The van der Waals surface area contributed by atoms with Gasteiger partial charge in [-0.2, -0.15) is 0 Å². The molecule has 3 fully saturated rings. The third-order valence-corrected chi connectivity index (χ3v) is 6.30. The summed E-state index contributed by atoms with van der Waals surface area (Å²) in [6.07, 6.45) is 13.7. The van der Waals surface area contributed by atoms with E-state index >= 15 is 0 Å². The van der Waals surface area contributed by atoms with Crippen LogP contribution in [-0.4, -0.2) is 47.8 Å². The van der Waals surface area contributed by atoms with Crippen molar-refractivity contribution in [1.82, 2.24) is 9.80 Å². The molecular weight excluding hydrogens is 300 g/mol. The molecule has 2 heterocycles. The van der Waals surface area contributed by atoms with Crippen molar-refractivity contribution in [3.05, 3.63) is 0 Å². The summed E-state index contributed by atoms with van der Waals surface area (Å²) in [5.41, 5.74) is 0. The summed E-state index contributed by atoms with van der Waals surface area (Å²) in [6.45, 7) is 3.46. The van der Waals surface area contributed by atoms with Gasteiger partial charge in [-0.3, -0.25) is 9.59 Å². The molecule has 1 saturated carbocycles. The van der Waals surface area contributed by atoms with E-state index in [4.69, 9.17) is 0 Å². The van der Waals surface area contributed by atoms with Crippen LogP contribution in [0.15, 0.2) is 0 Å². The van der Waals surface area contributed by atoms with Gasteiger partial charge in [-0.25, -0.2) is 0 Å². The Morgan fingerprint density at radius 2 is 1.25 bits per heavy atom. The molecule has 0 aromatic heterocycles. The summed E-state index contributed by atoms with van der Waals surface area (Å²) >= 11 is 0. The van der Waals surface area contributed by atoms with Gasteiger partial charge in [0.25, 0.3) is 0 Å². The molecule has 0 aromatic carbocycles. The van der Waals surface area contributed by atoms with E-state index < -0.39 is 0 Å². The van der Waals surface area contributed by atoms with E-state index in [1.54, 1.807) is 0 Å². The number of hydrogen-bond acceptors (Lipinski definition) is 2. The normalized spacial score (nSPS) is 24.7. The van der Waals surface area contributed by atoms with E-state index in [2.05, 4.69) is 4.90 Å². The van der Waals surface area contributed by atoms with E-state index in [1.165, 1.54) is 44.9 Å². The molecule has 3 aliphatic rings. The summed E-state index contributed by atoms with van der Waals surface area (Å²) in [6, 6.07) is 0. The van der Waals surface area contributed by atoms with Gasteiger partial charge in [0.05, 0.1) is 0 Å². The average Bonchev–Trinajstić information content (AvgIpc) is 2.91. The second-order valence-electron chi connectivity index (χ2n) is 8.10. The first-order valence-corrected chi connectivity index (χ1v) is 10.3. The summed E-state index contributed by atoms with van der Waals surface area (Å²) < 4.78 is 0. The number of piperidine rings is 1. The van der Waals surface area contributed by atoms with Crippen molar-refractivity contribution in [3.8, 4) is 0 Å². The van der Waals surface area contributed by atoms with Crippen LogP contribution in [0.4, 0.5) is 0 Å². The van der Waals surface area contributed by atoms with E-state index in [0.29, 0.717) is 17.7 Å². The molecule has 0 spiro atoms. The Hall–Kier alpha value is -1.06. The van der Waals surface area contributed by atoms with Gasteiger partial charge in [0.1, 0.15) is 0 Å². The first-order chi connectivity index (χ1) is 11.7. The Morgan fingerprint density at radius 3 is 1.88 bits per heavy atom. The van der Waals surface area contributed by atoms with Crippen molar-refractivity contribution in [2.45, 2.75) is 77.0 Å². The minimum atomic E-state index is 0.154. The van der Waals surface area contributed by atoms with Crippen LogP contribution < -0.4 is 0 Å². The average molecular weight is 335 g/mol. The number of hydrogen-bond donors (Lipinski definition) is 0. The van der Waals surface area contributed by atoms with Crippen molar-refractivity contribution >= 4 is 11.8 Å². The van der Waals surface area contributed by atoms with Crippen molar-refractivity contribution in [3.63, 3.8) is 0 Å². The lowest BCUT2D eigenvalue weighted by Crippen LogP contribution is -2.45. The smallest absolute Gasteiger partial charge is 0.225 e. The van der Waals surface area contributed by atoms with Crippen LogP contribution in [0.3, 0.4) is 0 Å². The molecule has 136 valence electrons. The monoisotopic (exact) mass is 334 g/mol. The molecule has 3 rings (SSSR count). The fourth-order valence-corrected chi connectivity index (χ4v) is 4.69. The molecule has 0 unspecified atom stereocenters. The number of nitrogens with zero attached hydrogens (tertiary/aromatic N) is 2. The number of carbonyl (C=O) groups is 2. The minimum Gasteiger partial charge on any atom is -0.343 e. The van der Waals surface area contributed by atoms with Crippen molar-refractivity contribution < 1.29 is 9.59 Å². The fourth-order valence-electron chi connectivity index (χ4n) is 4.69. The highest BCUT2D eigenvalue weighted by molar-refractivity contribution is 5.80. The highest BCUT2D eigenvalue weighted by Crippen LogP contribution is 2.28. The fraction of sp³-hybridized carbons (Fsp3) is 0.900. The summed E-state index contributed by atoms with van der Waals surface area (Å²) in [5.74, 6) is 1.46. The summed E-state index contributed by atoms with van der Waals surface area (Å²) in [4.78, 5) is 29.4. The molecule has 1 aliphatic carbocycles. The van der Waals surface area contributed by atoms with Crippen molar-refractivity contribution in [2.75, 3.05) is 26.2 Å². The molecule has 2 aliphatic heterocycles. The number of carbonyl (C=O) groups excluding carboxylic acids is 2. The number of rotatable bonds is 3. The molecule has 0 atom stereocenters. The maximum absolute atomic E-state index is 12.7. The predicted octanol–water partition coefficient (Wildman–Crippen LogP) is 3.60. The molecule has 0 radical (unpaired) electrons. The van der Waals surface area contributed by atoms with Crippen LogP contribution in [0, 0.1) is 11.8 Å². The Bertz CT molecular complexity index is 415. The highest BCUT2D eigenvalue weighted by atomic mass is 16.2. The van der Waals surface area contributed by atoms with Gasteiger partial charge in [-0.1, -0.05) is 32.1 Å². The minimum absolute atomic E-state index is 0.154. The van der Waals surface area contributed by atoms with Crippen molar-refractivity contribution in [2.24, 2.45) is 11.8 Å². The molecule has 4 heteroatoms. The topological polar surface area (TPSA) is 40.6 Å². The molecule has 0 N–H and O–H groups in total. The first-order valence-electron chi connectivity index (χ1n) is 10.3. The zero-order valence-corrected chi connectivity index (χ0v) is 15.2. The van der Waals surface area contributed by atoms with Gasteiger partial charge in [0, 0.05) is 38.5 Å². The Balaban J connectivity index is 1.42. The summed E-state index contributed by atoms with van der Waals surface area (Å²) in [7, 11) is 0. The molecule has 0 aromatic rings. The van der Waals surface area contributed by atoms with Gasteiger partial charge in [0.2, 0.25) is 11.8 Å². The third-order valence-electron chi connectivity index (χ3n) is 6.30. The molecule has 2 saturated heterocycles. The van der Waals surface area contributed by atoms with Gasteiger partial charge in [-0.05, 0) is 44.4 Å². The molecule has 24 heavy (non-hydrogen) atoms. The lowest BCUT2D eigenvalue weighted by Gasteiger charge is -2.35. The maximum Gasteiger partial charge on any atom is 0.225 e. The Morgan fingerprint density at radius 1 is 0.667 bits per heavy atom. The summed E-state index contributed by atoms with van der Waals surface area (Å²) in [5, 5.41) is 0.